The predicted octanol–water partition coefficient (Wildman–Crippen LogP) is 4.17. The number of thiazole rings is 1. The van der Waals surface area contributed by atoms with Crippen molar-refractivity contribution in [2.75, 3.05) is 11.1 Å². The fraction of sp³-hybridized carbons (Fsp3) is 0.304. The monoisotopic (exact) mass is 467 g/mol. The van der Waals surface area contributed by atoms with Crippen LogP contribution in [0.1, 0.15) is 37.6 Å². The van der Waals surface area contributed by atoms with Crippen LogP contribution in [-0.4, -0.2) is 30.8 Å². The van der Waals surface area contributed by atoms with Gasteiger partial charge in [0.1, 0.15) is 5.82 Å². The molecule has 0 spiro atoms. The third-order valence-electron chi connectivity index (χ3n) is 4.98. The van der Waals surface area contributed by atoms with Crippen molar-refractivity contribution in [3.63, 3.8) is 0 Å². The maximum Gasteiger partial charge on any atom is 0.258 e. The lowest BCUT2D eigenvalue weighted by Gasteiger charge is -2.19. The Morgan fingerprint density at radius 1 is 1.19 bits per heavy atom. The van der Waals surface area contributed by atoms with E-state index in [2.05, 4.69) is 60.4 Å². The number of hydrogen-bond acceptors (Lipinski definition) is 6. The number of hydrogen-bond donors (Lipinski definition) is 1. The van der Waals surface area contributed by atoms with E-state index in [0.29, 0.717) is 28.8 Å². The first-order valence-corrected chi connectivity index (χ1v) is 12.3. The number of aromatic nitrogens is 4. The van der Waals surface area contributed by atoms with Gasteiger partial charge in [0.15, 0.2) is 4.96 Å². The molecule has 9 heteroatoms. The van der Waals surface area contributed by atoms with E-state index in [1.54, 1.807) is 23.1 Å². The van der Waals surface area contributed by atoms with Gasteiger partial charge in [-0.2, -0.15) is 5.10 Å². The molecule has 0 atom stereocenters. The summed E-state index contributed by atoms with van der Waals surface area (Å²) in [6, 6.07) is 11.8. The van der Waals surface area contributed by atoms with Crippen molar-refractivity contribution in [3.05, 3.63) is 81.3 Å². The number of benzene rings is 1. The van der Waals surface area contributed by atoms with E-state index in [1.807, 2.05) is 5.38 Å². The number of anilines is 1. The largest absolute Gasteiger partial charge is 0.310 e. The highest BCUT2D eigenvalue weighted by Crippen LogP contribution is 2.22. The Labute approximate surface area is 194 Å². The molecule has 0 fully saturated rings. The second kappa shape index (κ2) is 9.30. The van der Waals surface area contributed by atoms with Gasteiger partial charge in [0.05, 0.1) is 24.2 Å². The van der Waals surface area contributed by atoms with Crippen LogP contribution in [-0.2, 0) is 22.5 Å². The van der Waals surface area contributed by atoms with Gasteiger partial charge in [-0.1, -0.05) is 45.0 Å². The van der Waals surface area contributed by atoms with Crippen molar-refractivity contribution >= 4 is 39.8 Å². The minimum Gasteiger partial charge on any atom is -0.310 e. The molecule has 1 amide bonds. The third-order valence-corrected chi connectivity index (χ3v) is 6.70. The Morgan fingerprint density at radius 2 is 1.97 bits per heavy atom. The summed E-state index contributed by atoms with van der Waals surface area (Å²) in [5, 5.41) is 9.10. The van der Waals surface area contributed by atoms with Crippen LogP contribution in [0.2, 0.25) is 0 Å². The Balaban J connectivity index is 1.32. The minimum absolute atomic E-state index is 0.101. The normalized spacial score (nSPS) is 11.7. The van der Waals surface area contributed by atoms with Crippen LogP contribution in [0.5, 0.6) is 0 Å². The van der Waals surface area contributed by atoms with Crippen LogP contribution in [0.4, 0.5) is 5.82 Å². The van der Waals surface area contributed by atoms with Gasteiger partial charge >= 0.3 is 0 Å². The quantitative estimate of drug-likeness (QED) is 0.441. The lowest BCUT2D eigenvalue weighted by atomic mass is 9.87. The molecule has 3 aromatic heterocycles. The van der Waals surface area contributed by atoms with Crippen LogP contribution < -0.4 is 10.9 Å². The molecular formula is C23H25N5O2S2. The fourth-order valence-corrected chi connectivity index (χ4v) is 4.69. The molecule has 4 rings (SSSR count). The van der Waals surface area contributed by atoms with Crippen LogP contribution in [0, 0.1) is 0 Å². The van der Waals surface area contributed by atoms with Crippen LogP contribution >= 0.6 is 23.1 Å². The van der Waals surface area contributed by atoms with Gasteiger partial charge in [0, 0.05) is 29.5 Å². The van der Waals surface area contributed by atoms with Crippen molar-refractivity contribution in [2.24, 2.45) is 0 Å². The molecule has 0 saturated heterocycles. The lowest BCUT2D eigenvalue weighted by molar-refractivity contribution is -0.113. The molecule has 3 heterocycles. The van der Waals surface area contributed by atoms with Crippen molar-refractivity contribution < 1.29 is 4.79 Å². The van der Waals surface area contributed by atoms with Crippen molar-refractivity contribution in [3.8, 4) is 0 Å². The predicted molar refractivity (Wildman–Crippen MR) is 131 cm³/mol. The molecular weight excluding hydrogens is 442 g/mol. The molecule has 32 heavy (non-hydrogen) atoms. The molecule has 7 nitrogen and oxygen atoms in total. The summed E-state index contributed by atoms with van der Waals surface area (Å²) in [5.41, 5.74) is 3.09. The van der Waals surface area contributed by atoms with Gasteiger partial charge in [-0.15, -0.1) is 23.1 Å². The van der Waals surface area contributed by atoms with E-state index in [1.165, 1.54) is 39.1 Å². The van der Waals surface area contributed by atoms with Gasteiger partial charge in [0.25, 0.3) is 5.56 Å². The van der Waals surface area contributed by atoms with E-state index < -0.39 is 0 Å². The summed E-state index contributed by atoms with van der Waals surface area (Å²) in [7, 11) is 0. The molecule has 4 aromatic rings. The SMILES string of the molecule is CC(C)(C)c1ccc(Cn2nccc2NC(=O)CSCc2cc(=O)n3ccsc3n2)cc1. The van der Waals surface area contributed by atoms with Gasteiger partial charge < -0.3 is 5.32 Å². The van der Waals surface area contributed by atoms with Gasteiger partial charge in [0.2, 0.25) is 5.91 Å². The second-order valence-electron chi connectivity index (χ2n) is 8.50. The Morgan fingerprint density at radius 3 is 2.72 bits per heavy atom. The summed E-state index contributed by atoms with van der Waals surface area (Å²) in [6.45, 7) is 7.15. The highest BCUT2D eigenvalue weighted by molar-refractivity contribution is 7.99. The lowest BCUT2D eigenvalue weighted by Crippen LogP contribution is -2.18. The average molecular weight is 468 g/mol. The first-order chi connectivity index (χ1) is 15.3. The number of carbonyl (C=O) groups is 1. The molecule has 166 valence electrons. The summed E-state index contributed by atoms with van der Waals surface area (Å²) >= 11 is 2.84. The number of thioether (sulfide) groups is 1. The topological polar surface area (TPSA) is 81.3 Å². The van der Waals surface area contributed by atoms with Gasteiger partial charge in [-0.25, -0.2) is 9.67 Å². The maximum atomic E-state index is 12.4. The highest BCUT2D eigenvalue weighted by atomic mass is 32.2. The number of fused-ring (bicyclic) bond motifs is 1. The molecule has 0 aliphatic heterocycles. The fourth-order valence-electron chi connectivity index (χ4n) is 3.24. The second-order valence-corrected chi connectivity index (χ2v) is 10.4. The maximum absolute atomic E-state index is 12.4. The molecule has 0 aliphatic carbocycles. The summed E-state index contributed by atoms with van der Waals surface area (Å²) in [5.74, 6) is 1.30. The van der Waals surface area contributed by atoms with Crippen LogP contribution in [0.15, 0.2) is 59.0 Å². The summed E-state index contributed by atoms with van der Waals surface area (Å²) in [6.07, 6.45) is 3.39. The zero-order valence-corrected chi connectivity index (χ0v) is 19.9. The standard InChI is InChI=1S/C23H25N5O2S2/c1-23(2,3)17-6-4-16(5-7-17)13-28-19(8-9-24-28)26-20(29)15-31-14-18-12-21(30)27-10-11-32-22(27)25-18/h4-12H,13-15H2,1-3H3,(H,26,29). The number of nitrogens with zero attached hydrogens (tertiary/aromatic N) is 4. The Kier molecular flexibility index (Phi) is 6.48. The smallest absolute Gasteiger partial charge is 0.258 e. The van der Waals surface area contributed by atoms with Crippen molar-refractivity contribution in [1.29, 1.82) is 0 Å². The summed E-state index contributed by atoms with van der Waals surface area (Å²) in [4.78, 5) is 29.6. The van der Waals surface area contributed by atoms with Gasteiger partial charge in [-0.3, -0.25) is 14.0 Å². The van der Waals surface area contributed by atoms with E-state index in [0.717, 1.165) is 5.56 Å². The van der Waals surface area contributed by atoms with Crippen LogP contribution in [0.3, 0.4) is 0 Å². The number of amides is 1. The van der Waals surface area contributed by atoms with Gasteiger partial charge in [-0.05, 0) is 16.5 Å². The molecule has 0 saturated carbocycles. The number of nitrogens with one attached hydrogen (secondary N) is 1. The minimum atomic E-state index is -0.117. The molecule has 0 radical (unpaired) electrons. The average Bonchev–Trinajstić information content (AvgIpc) is 3.38. The van der Waals surface area contributed by atoms with E-state index in [9.17, 15) is 9.59 Å². The highest BCUT2D eigenvalue weighted by Gasteiger charge is 2.14. The number of rotatable bonds is 7. The van der Waals surface area contributed by atoms with E-state index >= 15 is 0 Å². The molecule has 0 bridgehead atoms. The van der Waals surface area contributed by atoms with Crippen LogP contribution in [0.25, 0.3) is 4.96 Å². The van der Waals surface area contributed by atoms with E-state index in [4.69, 9.17) is 0 Å². The first kappa shape index (κ1) is 22.3. The molecule has 0 aliphatic rings. The number of carbonyl (C=O) groups excluding carboxylic acids is 1. The van der Waals surface area contributed by atoms with E-state index in [-0.39, 0.29) is 22.6 Å². The molecule has 1 aromatic carbocycles. The van der Waals surface area contributed by atoms with Crippen molar-refractivity contribution in [1.82, 2.24) is 19.2 Å². The zero-order valence-electron chi connectivity index (χ0n) is 18.2. The van der Waals surface area contributed by atoms with Crippen molar-refractivity contribution in [2.45, 2.75) is 38.5 Å². The Bertz CT molecular complexity index is 1280. The molecule has 1 N–H and O–H groups in total. The zero-order chi connectivity index (χ0) is 22.7. The molecule has 0 unspecified atom stereocenters. The Hall–Kier alpha value is -2.91. The summed E-state index contributed by atoms with van der Waals surface area (Å²) < 4.78 is 3.30. The first-order valence-electron chi connectivity index (χ1n) is 10.2. The third kappa shape index (κ3) is 5.28.